The van der Waals surface area contributed by atoms with Crippen molar-refractivity contribution >= 4 is 39.7 Å². The van der Waals surface area contributed by atoms with Crippen molar-refractivity contribution in [2.75, 3.05) is 6.61 Å². The first-order valence-electron chi connectivity index (χ1n) is 9.23. The van der Waals surface area contributed by atoms with Crippen molar-refractivity contribution in [1.29, 1.82) is 0 Å². The first-order chi connectivity index (χ1) is 10.7. The molecular weight excluding hydrogens is 399 g/mol. The van der Waals surface area contributed by atoms with Crippen LogP contribution in [0, 0.1) is 5.92 Å². The van der Waals surface area contributed by atoms with Gasteiger partial charge in [0, 0.05) is 0 Å². The van der Waals surface area contributed by atoms with Gasteiger partial charge in [-0.3, -0.25) is 0 Å². The topological polar surface area (TPSA) is 26.3 Å². The Morgan fingerprint density at radius 3 is 2.27 bits per heavy atom. The molecule has 0 aromatic heterocycles. The van der Waals surface area contributed by atoms with E-state index >= 15 is 0 Å². The molecule has 0 aliphatic rings. The number of unbranched alkanes of at least 4 members (excludes halogenated alkanes) is 6. The van der Waals surface area contributed by atoms with Gasteiger partial charge in [-0.05, 0) is 0 Å². The van der Waals surface area contributed by atoms with Crippen LogP contribution in [0.25, 0.3) is 0 Å². The van der Waals surface area contributed by atoms with Crippen molar-refractivity contribution in [3.05, 3.63) is 0 Å². The van der Waals surface area contributed by atoms with Gasteiger partial charge in [0.25, 0.3) is 0 Å². The first-order valence-corrected chi connectivity index (χ1v) is 13.4. The van der Waals surface area contributed by atoms with E-state index in [0.717, 1.165) is 6.42 Å². The van der Waals surface area contributed by atoms with Gasteiger partial charge in [-0.25, -0.2) is 0 Å². The number of esters is 1. The predicted molar refractivity (Wildman–Crippen MR) is 101 cm³/mol. The van der Waals surface area contributed by atoms with E-state index in [1.165, 1.54) is 62.2 Å². The van der Waals surface area contributed by atoms with Crippen molar-refractivity contribution in [1.82, 2.24) is 0 Å². The molecule has 0 aromatic rings. The molecule has 2 nitrogen and oxygen atoms in total. The fraction of sp³-hybridized carbons (Fsp3) is 0.944. The third-order valence-corrected chi connectivity index (χ3v) is 9.14. The van der Waals surface area contributed by atoms with E-state index in [1.807, 2.05) is 0 Å². The van der Waals surface area contributed by atoms with E-state index in [9.17, 15) is 4.79 Å². The van der Waals surface area contributed by atoms with E-state index in [1.54, 1.807) is 0 Å². The minimum absolute atomic E-state index is 0.0455. The molecule has 130 valence electrons. The quantitative estimate of drug-likeness (QED) is 0.160. The van der Waals surface area contributed by atoms with Crippen LogP contribution < -0.4 is 0 Å². The summed E-state index contributed by atoms with van der Waals surface area (Å²) in [5.74, 6) is 0.490. The Morgan fingerprint density at radius 2 is 1.64 bits per heavy atom. The monoisotopic (exact) mass is 436 g/mol. The molecule has 0 saturated carbocycles. The van der Waals surface area contributed by atoms with Crippen LogP contribution >= 0.6 is 12.6 Å². The van der Waals surface area contributed by atoms with E-state index in [4.69, 9.17) is 4.74 Å². The summed E-state index contributed by atoms with van der Waals surface area (Å²) >= 11 is 3.77. The van der Waals surface area contributed by atoms with Gasteiger partial charge in [0.15, 0.2) is 0 Å². The van der Waals surface area contributed by atoms with Crippen LogP contribution in [-0.4, -0.2) is 37.0 Å². The summed E-state index contributed by atoms with van der Waals surface area (Å²) < 4.78 is 6.68. The van der Waals surface area contributed by atoms with Gasteiger partial charge in [0.1, 0.15) is 0 Å². The molecule has 0 aromatic carbocycles. The second-order valence-electron chi connectivity index (χ2n) is 6.17. The zero-order chi connectivity index (χ0) is 16.6. The van der Waals surface area contributed by atoms with Gasteiger partial charge < -0.3 is 0 Å². The fourth-order valence-electron chi connectivity index (χ4n) is 2.40. The second-order valence-corrected chi connectivity index (χ2v) is 12.3. The number of rotatable bonds is 15. The summed E-state index contributed by atoms with van der Waals surface area (Å²) in [6.07, 6.45) is 12.7. The summed E-state index contributed by atoms with van der Waals surface area (Å²) in [6, 6.07) is 0. The second kappa shape index (κ2) is 16.5. The molecule has 0 saturated heterocycles. The Kier molecular flexibility index (Phi) is 16.9. The zero-order valence-corrected chi connectivity index (χ0v) is 18.7. The van der Waals surface area contributed by atoms with E-state index in [2.05, 4.69) is 33.4 Å². The number of hydrogen-bond acceptors (Lipinski definition) is 3. The molecule has 0 amide bonds. The summed E-state index contributed by atoms with van der Waals surface area (Å²) in [6.45, 7) is 7.24. The Hall–Kier alpha value is 0.619. The molecule has 0 fully saturated rings. The molecule has 0 bridgehead atoms. The van der Waals surface area contributed by atoms with Crippen molar-refractivity contribution in [3.8, 4) is 0 Å². The number of hydrogen-bond donors (Lipinski definition) is 1. The summed E-state index contributed by atoms with van der Waals surface area (Å²) in [5.41, 5.74) is 0. The van der Waals surface area contributed by atoms with Gasteiger partial charge in [-0.15, -0.1) is 0 Å². The number of thiol groups is 1. The molecule has 2 radical (unpaired) electrons. The van der Waals surface area contributed by atoms with Crippen molar-refractivity contribution < 1.29 is 9.53 Å². The Labute approximate surface area is 154 Å². The van der Waals surface area contributed by atoms with Crippen molar-refractivity contribution in [2.45, 2.75) is 92.7 Å². The van der Waals surface area contributed by atoms with Gasteiger partial charge in [-0.1, -0.05) is 0 Å². The molecule has 2 unspecified atom stereocenters. The van der Waals surface area contributed by atoms with Crippen LogP contribution in [0.4, 0.5) is 0 Å². The van der Waals surface area contributed by atoms with Crippen LogP contribution in [0.5, 0.6) is 0 Å². The van der Waals surface area contributed by atoms with Crippen LogP contribution in [0.3, 0.4) is 0 Å². The maximum atomic E-state index is 12.0. The Balaban J connectivity index is 3.65. The van der Waals surface area contributed by atoms with E-state index in [-0.39, 0.29) is 9.24 Å². The average Bonchev–Trinajstić information content (AvgIpc) is 2.53. The third kappa shape index (κ3) is 13.1. The van der Waals surface area contributed by atoms with Gasteiger partial charge in [-0.2, -0.15) is 0 Å². The molecule has 0 heterocycles. The summed E-state index contributed by atoms with van der Waals surface area (Å²) in [7, 11) is 0. The van der Waals surface area contributed by atoms with Gasteiger partial charge in [0.05, 0.1) is 0 Å². The number of carbonyl (C=O) groups excluding carboxylic acids is 1. The number of ether oxygens (including phenoxy) is 1. The standard InChI is InChI=1S/C10H19O2S.C8H17.Sn/c1-3-5-6-9(4-2)7-12-10(11)8-13;1-3-5-7-8-6-4-2;/h8-9,13H,3-7H2,1-2H3;1,3-8H2,2H3;. The zero-order valence-electron chi connectivity index (χ0n) is 14.9. The number of carbonyl (C=O) groups is 1. The average molecular weight is 435 g/mol. The molecule has 0 rings (SSSR count). The Morgan fingerprint density at radius 1 is 1.00 bits per heavy atom. The minimum atomic E-state index is -0.715. The van der Waals surface area contributed by atoms with Crippen LogP contribution in [0.15, 0.2) is 0 Å². The molecule has 22 heavy (non-hydrogen) atoms. The fourth-order valence-corrected chi connectivity index (χ4v) is 6.14. The van der Waals surface area contributed by atoms with Crippen LogP contribution in [0.1, 0.15) is 85.0 Å². The molecule has 0 spiro atoms. The Bertz CT molecular complexity index is 261. The molecule has 0 N–H and O–H groups in total. The SMILES string of the molecule is CCCCCCC[CH2][Sn][CH](S)C(=O)OCC(CC)CCCC. The van der Waals surface area contributed by atoms with Crippen LogP contribution in [-0.2, 0) is 9.53 Å². The molecule has 2 atom stereocenters. The van der Waals surface area contributed by atoms with E-state index < -0.39 is 21.1 Å². The van der Waals surface area contributed by atoms with Crippen molar-refractivity contribution in [3.63, 3.8) is 0 Å². The summed E-state index contributed by atoms with van der Waals surface area (Å²) in [5, 5.41) is 0. The predicted octanol–water partition coefficient (Wildman–Crippen LogP) is 5.48. The first kappa shape index (κ1) is 22.6. The third-order valence-electron chi connectivity index (χ3n) is 4.10. The maximum absolute atomic E-state index is 12.0. The van der Waals surface area contributed by atoms with Gasteiger partial charge >= 0.3 is 154 Å². The van der Waals surface area contributed by atoms with Crippen LogP contribution in [0.2, 0.25) is 4.44 Å². The normalized spacial score (nSPS) is 13.8. The molecule has 4 heteroatoms. The molecular formula is C18H36O2SSn. The molecule has 0 aliphatic carbocycles. The van der Waals surface area contributed by atoms with Crippen molar-refractivity contribution in [2.24, 2.45) is 5.92 Å². The van der Waals surface area contributed by atoms with Gasteiger partial charge in [0.2, 0.25) is 0 Å². The molecule has 0 aliphatic heterocycles. The summed E-state index contributed by atoms with van der Waals surface area (Å²) in [4.78, 5) is 12.0. The van der Waals surface area contributed by atoms with E-state index in [0.29, 0.717) is 12.5 Å².